The number of aromatic nitrogens is 4. The van der Waals surface area contributed by atoms with Crippen molar-refractivity contribution in [2.75, 3.05) is 0 Å². The molecule has 0 atom stereocenters. The zero-order chi connectivity index (χ0) is 13.9. The molecule has 0 spiro atoms. The first-order valence-electron chi connectivity index (χ1n) is 5.99. The maximum absolute atomic E-state index is 6.11. The van der Waals surface area contributed by atoms with Gasteiger partial charge in [0, 0.05) is 10.6 Å². The molecular formula is C14H10Cl2N4. The zero-order valence-electron chi connectivity index (χ0n) is 10.4. The van der Waals surface area contributed by atoms with Gasteiger partial charge in [-0.05, 0) is 35.0 Å². The van der Waals surface area contributed by atoms with Gasteiger partial charge >= 0.3 is 0 Å². The summed E-state index contributed by atoms with van der Waals surface area (Å²) in [6.45, 7) is 0.512. The third-order valence-electron chi connectivity index (χ3n) is 2.78. The van der Waals surface area contributed by atoms with E-state index in [1.54, 1.807) is 6.07 Å². The molecule has 3 aromatic rings. The van der Waals surface area contributed by atoms with Crippen LogP contribution in [0.3, 0.4) is 0 Å². The number of nitrogens with zero attached hydrogens (tertiary/aromatic N) is 4. The second-order valence-electron chi connectivity index (χ2n) is 4.25. The smallest absolute Gasteiger partial charge is 0.159 e. The van der Waals surface area contributed by atoms with Crippen LogP contribution >= 0.6 is 23.2 Å². The van der Waals surface area contributed by atoms with Gasteiger partial charge < -0.3 is 0 Å². The van der Waals surface area contributed by atoms with Gasteiger partial charge in [-0.2, -0.15) is 4.80 Å². The molecule has 0 unspecified atom stereocenters. The van der Waals surface area contributed by atoms with Gasteiger partial charge in [-0.15, -0.1) is 10.2 Å². The molecule has 20 heavy (non-hydrogen) atoms. The molecule has 0 aliphatic carbocycles. The molecule has 0 fully saturated rings. The van der Waals surface area contributed by atoms with E-state index in [0.717, 1.165) is 11.1 Å². The van der Waals surface area contributed by atoms with Gasteiger partial charge in [-0.3, -0.25) is 0 Å². The van der Waals surface area contributed by atoms with E-state index in [-0.39, 0.29) is 0 Å². The summed E-state index contributed by atoms with van der Waals surface area (Å²) in [5, 5.41) is 13.7. The van der Waals surface area contributed by atoms with E-state index in [0.29, 0.717) is 22.4 Å². The fraction of sp³-hybridized carbons (Fsp3) is 0.0714. The van der Waals surface area contributed by atoms with E-state index in [1.807, 2.05) is 42.5 Å². The number of rotatable bonds is 3. The highest BCUT2D eigenvalue weighted by molar-refractivity contribution is 6.33. The molecule has 0 amide bonds. The van der Waals surface area contributed by atoms with Crippen LogP contribution < -0.4 is 0 Å². The quantitative estimate of drug-likeness (QED) is 0.741. The fourth-order valence-corrected chi connectivity index (χ4v) is 2.29. The van der Waals surface area contributed by atoms with Crippen molar-refractivity contribution in [1.82, 2.24) is 20.2 Å². The lowest BCUT2D eigenvalue weighted by molar-refractivity contribution is 0.573. The summed E-state index contributed by atoms with van der Waals surface area (Å²) in [6.07, 6.45) is 0. The second-order valence-corrected chi connectivity index (χ2v) is 5.10. The van der Waals surface area contributed by atoms with Crippen LogP contribution in [0.5, 0.6) is 0 Å². The Balaban J connectivity index is 1.86. The first kappa shape index (κ1) is 13.1. The van der Waals surface area contributed by atoms with Crippen LogP contribution in [-0.2, 0) is 6.54 Å². The second kappa shape index (κ2) is 5.61. The summed E-state index contributed by atoms with van der Waals surface area (Å²) in [4.78, 5) is 1.52. The van der Waals surface area contributed by atoms with Crippen LogP contribution in [0.25, 0.3) is 11.4 Å². The number of halogens is 2. The lowest BCUT2D eigenvalue weighted by Crippen LogP contribution is -2.03. The van der Waals surface area contributed by atoms with Gasteiger partial charge in [-0.1, -0.05) is 47.5 Å². The molecule has 1 heterocycles. The summed E-state index contributed by atoms with van der Waals surface area (Å²) in [6, 6.07) is 15.0. The standard InChI is InChI=1S/C14H10Cl2N4/c15-11-5-3-4-10(8-11)9-20-18-14(17-19-20)12-6-1-2-7-13(12)16/h1-8H,9H2. The Labute approximate surface area is 126 Å². The number of benzene rings is 2. The minimum Gasteiger partial charge on any atom is -0.159 e. The van der Waals surface area contributed by atoms with Crippen LogP contribution in [0.1, 0.15) is 5.56 Å². The van der Waals surface area contributed by atoms with Gasteiger partial charge in [-0.25, -0.2) is 0 Å². The van der Waals surface area contributed by atoms with Crippen molar-refractivity contribution >= 4 is 23.2 Å². The largest absolute Gasteiger partial charge is 0.206 e. The van der Waals surface area contributed by atoms with Gasteiger partial charge in [0.1, 0.15) is 0 Å². The zero-order valence-corrected chi connectivity index (χ0v) is 11.9. The number of tetrazole rings is 1. The highest BCUT2D eigenvalue weighted by atomic mass is 35.5. The first-order chi connectivity index (χ1) is 9.72. The molecular weight excluding hydrogens is 295 g/mol. The minimum absolute atomic E-state index is 0.512. The van der Waals surface area contributed by atoms with Crippen LogP contribution in [0.2, 0.25) is 10.0 Å². The number of hydrogen-bond donors (Lipinski definition) is 0. The van der Waals surface area contributed by atoms with Gasteiger partial charge in [0.25, 0.3) is 0 Å². The minimum atomic E-state index is 0.512. The van der Waals surface area contributed by atoms with Crippen LogP contribution in [0.4, 0.5) is 0 Å². The van der Waals surface area contributed by atoms with E-state index >= 15 is 0 Å². The summed E-state index contributed by atoms with van der Waals surface area (Å²) in [7, 11) is 0. The van der Waals surface area contributed by atoms with Crippen molar-refractivity contribution in [3.63, 3.8) is 0 Å². The molecule has 0 saturated heterocycles. The van der Waals surface area contributed by atoms with Crippen molar-refractivity contribution in [3.05, 3.63) is 64.1 Å². The topological polar surface area (TPSA) is 43.6 Å². The lowest BCUT2D eigenvalue weighted by atomic mass is 10.2. The van der Waals surface area contributed by atoms with Crippen LogP contribution in [0, 0.1) is 0 Å². The molecule has 0 aliphatic rings. The molecule has 1 aromatic heterocycles. The Morgan fingerprint density at radius 3 is 2.65 bits per heavy atom. The molecule has 0 radical (unpaired) electrons. The lowest BCUT2D eigenvalue weighted by Gasteiger charge is -2.00. The van der Waals surface area contributed by atoms with Gasteiger partial charge in [0.2, 0.25) is 5.82 Å². The monoisotopic (exact) mass is 304 g/mol. The Hall–Kier alpha value is -1.91. The molecule has 0 N–H and O–H groups in total. The molecule has 3 rings (SSSR count). The summed E-state index contributed by atoms with van der Waals surface area (Å²) in [5.74, 6) is 0.512. The maximum atomic E-state index is 6.11. The first-order valence-corrected chi connectivity index (χ1v) is 6.75. The molecule has 2 aromatic carbocycles. The summed E-state index contributed by atoms with van der Waals surface area (Å²) >= 11 is 12.1. The summed E-state index contributed by atoms with van der Waals surface area (Å²) in [5.41, 5.74) is 1.78. The summed E-state index contributed by atoms with van der Waals surface area (Å²) < 4.78 is 0. The van der Waals surface area contributed by atoms with Crippen molar-refractivity contribution < 1.29 is 0 Å². The van der Waals surface area contributed by atoms with Gasteiger partial charge in [0.15, 0.2) is 0 Å². The van der Waals surface area contributed by atoms with E-state index in [9.17, 15) is 0 Å². The highest BCUT2D eigenvalue weighted by Gasteiger charge is 2.09. The highest BCUT2D eigenvalue weighted by Crippen LogP contribution is 2.23. The third kappa shape index (κ3) is 2.81. The SMILES string of the molecule is Clc1cccc(Cn2nnc(-c3ccccc3Cl)n2)c1. The van der Waals surface area contributed by atoms with E-state index < -0.39 is 0 Å². The van der Waals surface area contributed by atoms with Crippen molar-refractivity contribution in [2.45, 2.75) is 6.54 Å². The van der Waals surface area contributed by atoms with Crippen molar-refractivity contribution in [3.8, 4) is 11.4 Å². The van der Waals surface area contributed by atoms with Crippen molar-refractivity contribution in [2.24, 2.45) is 0 Å². The maximum Gasteiger partial charge on any atom is 0.206 e. The predicted molar refractivity (Wildman–Crippen MR) is 78.8 cm³/mol. The number of hydrogen-bond acceptors (Lipinski definition) is 3. The van der Waals surface area contributed by atoms with E-state index in [1.165, 1.54) is 4.80 Å². The normalized spacial score (nSPS) is 10.7. The van der Waals surface area contributed by atoms with E-state index in [4.69, 9.17) is 23.2 Å². The predicted octanol–water partition coefficient (Wildman–Crippen LogP) is 3.70. The molecule has 100 valence electrons. The Morgan fingerprint density at radius 2 is 1.85 bits per heavy atom. The Morgan fingerprint density at radius 1 is 1.00 bits per heavy atom. The van der Waals surface area contributed by atoms with E-state index in [2.05, 4.69) is 15.4 Å². The third-order valence-corrected chi connectivity index (χ3v) is 3.35. The molecule has 0 saturated carbocycles. The average molecular weight is 305 g/mol. The Bertz CT molecular complexity index is 739. The molecule has 0 aliphatic heterocycles. The molecule has 4 nitrogen and oxygen atoms in total. The van der Waals surface area contributed by atoms with Crippen molar-refractivity contribution in [1.29, 1.82) is 0 Å². The average Bonchev–Trinajstić information content (AvgIpc) is 2.87. The van der Waals surface area contributed by atoms with Crippen LogP contribution in [0.15, 0.2) is 48.5 Å². The fourth-order valence-electron chi connectivity index (χ4n) is 1.86. The molecule has 0 bridgehead atoms. The van der Waals surface area contributed by atoms with Crippen LogP contribution in [-0.4, -0.2) is 20.2 Å². The van der Waals surface area contributed by atoms with Gasteiger partial charge in [0.05, 0.1) is 11.6 Å². The molecule has 6 heteroatoms. The Kier molecular flexibility index (Phi) is 3.67.